The van der Waals surface area contributed by atoms with Crippen LogP contribution in [0.1, 0.15) is 69.9 Å². The molecule has 9 nitrogen and oxygen atoms in total. The summed E-state index contributed by atoms with van der Waals surface area (Å²) in [5, 5.41) is 27.1. The number of piperidine rings is 1. The van der Waals surface area contributed by atoms with Crippen molar-refractivity contribution in [3.63, 3.8) is 0 Å². The molecule has 1 saturated heterocycles. The third-order valence-corrected chi connectivity index (χ3v) is 11.6. The van der Waals surface area contributed by atoms with Crippen molar-refractivity contribution in [2.24, 2.45) is 0 Å². The summed E-state index contributed by atoms with van der Waals surface area (Å²) >= 11 is 0. The van der Waals surface area contributed by atoms with Gasteiger partial charge in [0.05, 0.1) is 30.2 Å². The number of allylic oxidation sites excluding steroid dienone is 2. The highest BCUT2D eigenvalue weighted by Crippen LogP contribution is 2.44. The van der Waals surface area contributed by atoms with Crippen LogP contribution in [0.15, 0.2) is 89.7 Å². The van der Waals surface area contributed by atoms with Gasteiger partial charge in [-0.05, 0) is 87.6 Å². The van der Waals surface area contributed by atoms with Crippen molar-refractivity contribution in [3.8, 4) is 0 Å². The van der Waals surface area contributed by atoms with Crippen molar-refractivity contribution in [2.75, 3.05) is 19.6 Å². The molecule has 3 aromatic rings. The minimum Gasteiger partial charge on any atom is -0.390 e. The molecule has 2 aromatic carbocycles. The van der Waals surface area contributed by atoms with Gasteiger partial charge in [0.25, 0.3) is 0 Å². The number of fused-ring (bicyclic) bond motifs is 1. The third-order valence-electron chi connectivity index (χ3n) is 9.28. The van der Waals surface area contributed by atoms with Gasteiger partial charge in [-0.3, -0.25) is 19.3 Å². The van der Waals surface area contributed by atoms with Gasteiger partial charge in [0, 0.05) is 36.0 Å². The second-order valence-corrected chi connectivity index (χ2v) is 17.4. The lowest BCUT2D eigenvalue weighted by Gasteiger charge is -2.43. The molecule has 4 N–H and O–H groups in total. The lowest BCUT2D eigenvalue weighted by molar-refractivity contribution is -0.130. The summed E-state index contributed by atoms with van der Waals surface area (Å²) in [5.74, 6) is -0.418. The lowest BCUT2D eigenvalue weighted by atomic mass is 9.95. The molecule has 2 aliphatic rings. The number of nitrogens with one attached hydrogen (secondary N) is 3. The van der Waals surface area contributed by atoms with Crippen LogP contribution >= 0.6 is 10.9 Å². The number of nitrogens with zero attached hydrogens (tertiary/aromatic N) is 2. The maximum Gasteiger partial charge on any atom is 0.237 e. The van der Waals surface area contributed by atoms with Crippen molar-refractivity contribution in [1.29, 1.82) is 0 Å². The zero-order valence-corrected chi connectivity index (χ0v) is 30.8. The SMILES string of the molecule is CC(C)(C)NC(=O)C1CC([SH]2C=CC=C2)CCN1CC(O)C(Cc1ccccc1)NC(=O)CNC(C)(C)CC(=O)c1ccc2ccccc2n1. The number of ketones is 1. The summed E-state index contributed by atoms with van der Waals surface area (Å²) in [5.41, 5.74) is 1.08. The Labute approximate surface area is 299 Å². The number of pyridine rings is 1. The van der Waals surface area contributed by atoms with Gasteiger partial charge in [0.15, 0.2) is 5.78 Å². The van der Waals surface area contributed by atoms with Crippen LogP contribution in [0.3, 0.4) is 0 Å². The number of thiol groups is 1. The summed E-state index contributed by atoms with van der Waals surface area (Å²) in [6, 6.07) is 20.1. The number of aliphatic hydroxyl groups is 1. The Hall–Kier alpha value is -3.83. The Balaban J connectivity index is 1.23. The smallest absolute Gasteiger partial charge is 0.237 e. The van der Waals surface area contributed by atoms with E-state index in [9.17, 15) is 19.5 Å². The molecular weight excluding hydrogens is 647 g/mol. The number of Topliss-reactive ketones (excluding diaryl/α,β-unsaturated/α-hetero) is 1. The highest BCUT2D eigenvalue weighted by Gasteiger charge is 2.38. The summed E-state index contributed by atoms with van der Waals surface area (Å²) in [6.45, 7) is 10.6. The second kappa shape index (κ2) is 16.5. The number of aliphatic hydroxyl groups excluding tert-OH is 1. The average Bonchev–Trinajstić information content (AvgIpc) is 3.62. The standard InChI is InChI=1S/C40H53N5O4S/c1-39(2,3)44-38(49)34-24-30(50-21-11-12-22-50)19-20-45(34)27-36(47)33(23-28-13-7-6-8-14-28)43-37(48)26-41-40(4,5)25-35(46)32-18-17-29-15-9-10-16-31(29)42-32/h6-18,21-22,30,33-34,36,41,47,50H,19-20,23-27H2,1-5H3,(H,43,48)(H,44,49). The van der Waals surface area contributed by atoms with Gasteiger partial charge in [0.2, 0.25) is 11.8 Å². The van der Waals surface area contributed by atoms with E-state index in [-0.39, 0.29) is 48.7 Å². The van der Waals surface area contributed by atoms with Crippen molar-refractivity contribution >= 4 is 39.4 Å². The second-order valence-electron chi connectivity index (χ2n) is 15.2. The maximum atomic E-state index is 13.6. The Bertz CT molecular complexity index is 1690. The minimum atomic E-state index is -0.925. The first-order valence-electron chi connectivity index (χ1n) is 17.6. The lowest BCUT2D eigenvalue weighted by Crippen LogP contribution is -2.59. The molecule has 5 rings (SSSR count). The number of aromatic nitrogens is 1. The van der Waals surface area contributed by atoms with E-state index in [1.165, 1.54) is 0 Å². The number of hydrogen-bond acceptors (Lipinski definition) is 7. The van der Waals surface area contributed by atoms with Crippen LogP contribution in [-0.4, -0.2) is 86.7 Å². The molecule has 0 bridgehead atoms. The van der Waals surface area contributed by atoms with Crippen molar-refractivity contribution < 1.29 is 19.5 Å². The van der Waals surface area contributed by atoms with Crippen molar-refractivity contribution in [3.05, 3.63) is 101 Å². The van der Waals surface area contributed by atoms with Crippen LogP contribution in [0.5, 0.6) is 0 Å². The fourth-order valence-corrected chi connectivity index (χ4v) is 8.71. The molecule has 2 amide bonds. The number of carbonyl (C=O) groups excluding carboxylic acids is 3. The predicted octanol–water partition coefficient (Wildman–Crippen LogP) is 5.05. The van der Waals surface area contributed by atoms with Gasteiger partial charge < -0.3 is 21.1 Å². The van der Waals surface area contributed by atoms with Gasteiger partial charge in [-0.15, -0.1) is 0 Å². The quantitative estimate of drug-likeness (QED) is 0.118. The summed E-state index contributed by atoms with van der Waals surface area (Å²) in [6.07, 6.45) is 5.51. The third kappa shape index (κ3) is 10.6. The number of rotatable bonds is 14. The molecule has 4 atom stereocenters. The van der Waals surface area contributed by atoms with Crippen molar-refractivity contribution in [2.45, 2.75) is 94.8 Å². The van der Waals surface area contributed by atoms with Gasteiger partial charge >= 0.3 is 0 Å². The van der Waals surface area contributed by atoms with Gasteiger partial charge in [0.1, 0.15) is 5.69 Å². The molecule has 2 aliphatic heterocycles. The van der Waals surface area contributed by atoms with Crippen LogP contribution in [0, 0.1) is 0 Å². The van der Waals surface area contributed by atoms with Crippen LogP contribution in [0.4, 0.5) is 0 Å². The van der Waals surface area contributed by atoms with Crippen LogP contribution in [-0.2, 0) is 16.0 Å². The number of para-hydroxylation sites is 1. The summed E-state index contributed by atoms with van der Waals surface area (Å²) in [7, 11) is -0.404. The topological polar surface area (TPSA) is 124 Å². The van der Waals surface area contributed by atoms with E-state index in [0.29, 0.717) is 23.9 Å². The fraction of sp³-hybridized carbons (Fsp3) is 0.450. The number of amides is 2. The molecule has 10 heteroatoms. The highest BCUT2D eigenvalue weighted by molar-refractivity contribution is 8.22. The van der Waals surface area contributed by atoms with Crippen LogP contribution < -0.4 is 16.0 Å². The molecular formula is C40H53N5O4S. The number of likely N-dealkylation sites (tertiary alicyclic amines) is 1. The molecule has 0 aliphatic carbocycles. The molecule has 0 spiro atoms. The van der Waals surface area contributed by atoms with E-state index in [0.717, 1.165) is 29.3 Å². The number of β-amino-alcohol motifs (C(OH)–C–C–N with tert-alkyl or cyclic N) is 1. The monoisotopic (exact) mass is 699 g/mol. The summed E-state index contributed by atoms with van der Waals surface area (Å²) < 4.78 is 0. The molecule has 50 heavy (non-hydrogen) atoms. The van der Waals surface area contributed by atoms with E-state index in [1.54, 1.807) is 6.07 Å². The van der Waals surface area contributed by atoms with Gasteiger partial charge in [-0.1, -0.05) is 66.7 Å². The Morgan fingerprint density at radius 1 is 0.960 bits per heavy atom. The molecule has 3 heterocycles. The summed E-state index contributed by atoms with van der Waals surface area (Å²) in [4.78, 5) is 46.9. The Morgan fingerprint density at radius 2 is 1.66 bits per heavy atom. The van der Waals surface area contributed by atoms with E-state index in [1.807, 2.05) is 95.3 Å². The number of hydrogen-bond donors (Lipinski definition) is 5. The van der Waals surface area contributed by atoms with Crippen molar-refractivity contribution in [1.82, 2.24) is 25.8 Å². The highest BCUT2D eigenvalue weighted by atomic mass is 32.2. The van der Waals surface area contributed by atoms with E-state index in [2.05, 4.69) is 48.8 Å². The largest absolute Gasteiger partial charge is 0.390 e. The molecule has 0 radical (unpaired) electrons. The van der Waals surface area contributed by atoms with Gasteiger partial charge in [-0.2, -0.15) is 0 Å². The Kier molecular flexibility index (Phi) is 12.3. The van der Waals surface area contributed by atoms with Gasteiger partial charge in [-0.25, -0.2) is 15.9 Å². The fourth-order valence-electron chi connectivity index (χ4n) is 6.67. The Morgan fingerprint density at radius 3 is 2.38 bits per heavy atom. The first-order valence-corrected chi connectivity index (χ1v) is 19.2. The van der Waals surface area contributed by atoms with E-state index < -0.39 is 28.6 Å². The normalized spacial score (nSPS) is 20.1. The predicted molar refractivity (Wildman–Crippen MR) is 204 cm³/mol. The first kappa shape index (κ1) is 37.4. The molecule has 268 valence electrons. The molecule has 1 aromatic heterocycles. The maximum absolute atomic E-state index is 13.6. The zero-order valence-electron chi connectivity index (χ0n) is 29.9. The minimum absolute atomic E-state index is 0.0277. The first-order chi connectivity index (χ1) is 23.8. The molecule has 1 fully saturated rings. The molecule has 4 unspecified atom stereocenters. The average molecular weight is 700 g/mol. The van der Waals surface area contributed by atoms with Crippen LogP contribution in [0.2, 0.25) is 0 Å². The molecule has 0 saturated carbocycles. The van der Waals surface area contributed by atoms with Crippen LogP contribution in [0.25, 0.3) is 10.9 Å². The number of carbonyl (C=O) groups is 3. The van der Waals surface area contributed by atoms with E-state index >= 15 is 0 Å². The van der Waals surface area contributed by atoms with E-state index in [4.69, 9.17) is 0 Å². The zero-order chi connectivity index (χ0) is 35.9. The number of benzene rings is 2.